The van der Waals surface area contributed by atoms with Gasteiger partial charge in [0.05, 0.1) is 23.4 Å². The Morgan fingerprint density at radius 3 is 2.80 bits per heavy atom. The monoisotopic (exact) mass is 329 g/mol. The number of benzene rings is 3. The van der Waals surface area contributed by atoms with E-state index < -0.39 is 5.91 Å². The van der Waals surface area contributed by atoms with E-state index in [4.69, 9.17) is 5.26 Å². The minimum Gasteiger partial charge on any atom is -0.507 e. The van der Waals surface area contributed by atoms with Crippen LogP contribution in [0.25, 0.3) is 10.8 Å². The fourth-order valence-corrected chi connectivity index (χ4v) is 2.61. The average molecular weight is 329 g/mol. The summed E-state index contributed by atoms with van der Waals surface area (Å²) in [4.78, 5) is 12.3. The van der Waals surface area contributed by atoms with Crippen LogP contribution in [0.15, 0.2) is 59.7 Å². The summed E-state index contributed by atoms with van der Waals surface area (Å²) in [6.45, 7) is 1.77. The molecule has 0 unspecified atom stereocenters. The number of aromatic hydroxyl groups is 1. The van der Waals surface area contributed by atoms with Gasteiger partial charge in [0.15, 0.2) is 0 Å². The van der Waals surface area contributed by atoms with Crippen LogP contribution >= 0.6 is 0 Å². The summed E-state index contributed by atoms with van der Waals surface area (Å²) < 4.78 is 0. The maximum absolute atomic E-state index is 12.3. The van der Waals surface area contributed by atoms with Gasteiger partial charge in [0.1, 0.15) is 5.75 Å². The van der Waals surface area contributed by atoms with Gasteiger partial charge in [-0.3, -0.25) is 4.79 Å². The van der Waals surface area contributed by atoms with E-state index in [-0.39, 0.29) is 11.3 Å². The number of carbonyl (C=O) groups excluding carboxylic acids is 1. The zero-order valence-corrected chi connectivity index (χ0v) is 13.5. The molecule has 3 aromatic carbocycles. The van der Waals surface area contributed by atoms with Crippen LogP contribution in [-0.2, 0) is 0 Å². The first-order chi connectivity index (χ1) is 12.1. The van der Waals surface area contributed by atoms with Crippen LogP contribution in [-0.4, -0.2) is 17.2 Å². The SMILES string of the molecule is Cc1c(O)c(C(=O)NN=Cc2cccc(C#N)c2)cc2ccccc12. The van der Waals surface area contributed by atoms with E-state index in [9.17, 15) is 9.90 Å². The number of fused-ring (bicyclic) bond motifs is 1. The highest BCUT2D eigenvalue weighted by molar-refractivity contribution is 6.03. The Morgan fingerprint density at radius 1 is 1.20 bits per heavy atom. The third-order valence-electron chi connectivity index (χ3n) is 3.92. The predicted octanol–water partition coefficient (Wildman–Crippen LogP) is 3.49. The Balaban J connectivity index is 1.84. The van der Waals surface area contributed by atoms with Crippen molar-refractivity contribution >= 4 is 22.9 Å². The number of hydrogen-bond donors (Lipinski definition) is 2. The van der Waals surface area contributed by atoms with E-state index in [0.717, 1.165) is 10.8 Å². The fourth-order valence-electron chi connectivity index (χ4n) is 2.61. The van der Waals surface area contributed by atoms with Crippen molar-refractivity contribution in [2.75, 3.05) is 0 Å². The Hall–Kier alpha value is -3.65. The van der Waals surface area contributed by atoms with Crippen LogP contribution in [0.4, 0.5) is 0 Å². The van der Waals surface area contributed by atoms with E-state index in [1.807, 2.05) is 30.3 Å². The van der Waals surface area contributed by atoms with E-state index >= 15 is 0 Å². The standard InChI is InChI=1S/C20H15N3O2/c1-13-17-8-3-2-7-16(17)10-18(19(13)24)20(25)23-22-12-15-6-4-5-14(9-15)11-21/h2-10,12,24H,1H3,(H,23,25). The second-order valence-electron chi connectivity index (χ2n) is 5.56. The number of rotatable bonds is 3. The third kappa shape index (κ3) is 3.33. The molecule has 0 fully saturated rings. The minimum atomic E-state index is -0.501. The number of nitriles is 1. The quantitative estimate of drug-likeness (QED) is 0.570. The molecule has 0 aliphatic carbocycles. The van der Waals surface area contributed by atoms with Crippen LogP contribution in [0.2, 0.25) is 0 Å². The highest BCUT2D eigenvalue weighted by Gasteiger charge is 2.15. The number of carbonyl (C=O) groups is 1. The first-order valence-electron chi connectivity index (χ1n) is 7.65. The molecule has 2 N–H and O–H groups in total. The molecular weight excluding hydrogens is 314 g/mol. The molecule has 5 heteroatoms. The first kappa shape index (κ1) is 16.2. The number of hydrazone groups is 1. The predicted molar refractivity (Wildman–Crippen MR) is 96.6 cm³/mol. The molecule has 0 saturated heterocycles. The Labute approximate surface area is 144 Å². The van der Waals surface area contributed by atoms with Crippen LogP contribution in [0, 0.1) is 18.3 Å². The van der Waals surface area contributed by atoms with Crippen molar-refractivity contribution in [1.29, 1.82) is 5.26 Å². The molecule has 0 bridgehead atoms. The van der Waals surface area contributed by atoms with Crippen LogP contribution < -0.4 is 5.43 Å². The number of amides is 1. The van der Waals surface area contributed by atoms with Gasteiger partial charge in [-0.15, -0.1) is 0 Å². The molecule has 3 aromatic rings. The van der Waals surface area contributed by atoms with E-state index in [1.165, 1.54) is 6.21 Å². The smallest absolute Gasteiger partial charge is 0.275 e. The molecule has 0 atom stereocenters. The highest BCUT2D eigenvalue weighted by Crippen LogP contribution is 2.30. The Kier molecular flexibility index (Phi) is 4.44. The van der Waals surface area contributed by atoms with E-state index in [2.05, 4.69) is 10.5 Å². The van der Waals surface area contributed by atoms with Crippen LogP contribution in [0.1, 0.15) is 27.0 Å². The molecule has 0 aliphatic rings. The molecule has 5 nitrogen and oxygen atoms in total. The summed E-state index contributed by atoms with van der Waals surface area (Å²) >= 11 is 0. The Morgan fingerprint density at radius 2 is 2.00 bits per heavy atom. The van der Waals surface area contributed by atoms with Crippen molar-refractivity contribution in [3.8, 4) is 11.8 Å². The minimum absolute atomic E-state index is 0.0575. The summed E-state index contributed by atoms with van der Waals surface area (Å²) in [7, 11) is 0. The number of phenols is 1. The zero-order valence-electron chi connectivity index (χ0n) is 13.5. The van der Waals surface area contributed by atoms with Gasteiger partial charge in [0, 0.05) is 0 Å². The van der Waals surface area contributed by atoms with Gasteiger partial charge in [-0.2, -0.15) is 10.4 Å². The fraction of sp³-hybridized carbons (Fsp3) is 0.0500. The van der Waals surface area contributed by atoms with Crippen molar-refractivity contribution in [2.45, 2.75) is 6.92 Å². The van der Waals surface area contributed by atoms with Gasteiger partial charge in [-0.1, -0.05) is 36.4 Å². The number of phenolic OH excluding ortho intramolecular Hbond substituents is 1. The normalized spacial score (nSPS) is 10.7. The van der Waals surface area contributed by atoms with Crippen molar-refractivity contribution in [3.63, 3.8) is 0 Å². The molecule has 0 radical (unpaired) electrons. The maximum Gasteiger partial charge on any atom is 0.275 e. The van der Waals surface area contributed by atoms with Gasteiger partial charge in [0.2, 0.25) is 0 Å². The Bertz CT molecular complexity index is 1030. The molecule has 1 amide bonds. The van der Waals surface area contributed by atoms with Gasteiger partial charge >= 0.3 is 0 Å². The third-order valence-corrected chi connectivity index (χ3v) is 3.92. The molecule has 0 aromatic heterocycles. The summed E-state index contributed by atoms with van der Waals surface area (Å²) in [5.74, 6) is -0.558. The molecule has 3 rings (SSSR count). The number of nitrogens with zero attached hydrogens (tertiary/aromatic N) is 2. The highest BCUT2D eigenvalue weighted by atomic mass is 16.3. The first-order valence-corrected chi connectivity index (χ1v) is 7.65. The second kappa shape index (κ2) is 6.85. The molecule has 25 heavy (non-hydrogen) atoms. The molecule has 0 saturated carbocycles. The number of hydrogen-bond acceptors (Lipinski definition) is 4. The topological polar surface area (TPSA) is 85.5 Å². The average Bonchev–Trinajstić information content (AvgIpc) is 2.64. The maximum atomic E-state index is 12.3. The lowest BCUT2D eigenvalue weighted by Gasteiger charge is -2.09. The van der Waals surface area contributed by atoms with Crippen molar-refractivity contribution in [1.82, 2.24) is 5.43 Å². The molecule has 0 spiro atoms. The lowest BCUT2D eigenvalue weighted by Crippen LogP contribution is -2.18. The largest absolute Gasteiger partial charge is 0.507 e. The van der Waals surface area contributed by atoms with Crippen molar-refractivity contribution in [3.05, 3.63) is 76.9 Å². The number of nitrogens with one attached hydrogen (secondary N) is 1. The summed E-state index contributed by atoms with van der Waals surface area (Å²) in [5, 5.41) is 24.8. The second-order valence-corrected chi connectivity index (χ2v) is 5.56. The summed E-state index contributed by atoms with van der Waals surface area (Å²) in [6, 6.07) is 18.1. The lowest BCUT2D eigenvalue weighted by atomic mass is 10.00. The number of aryl methyl sites for hydroxylation is 1. The van der Waals surface area contributed by atoms with Gasteiger partial charge in [-0.25, -0.2) is 5.43 Å². The lowest BCUT2D eigenvalue weighted by molar-refractivity contribution is 0.0952. The van der Waals surface area contributed by atoms with Crippen LogP contribution in [0.3, 0.4) is 0 Å². The molecular formula is C20H15N3O2. The van der Waals surface area contributed by atoms with Crippen molar-refractivity contribution < 1.29 is 9.90 Å². The van der Waals surface area contributed by atoms with Crippen LogP contribution in [0.5, 0.6) is 5.75 Å². The van der Waals surface area contributed by atoms with Crippen molar-refractivity contribution in [2.24, 2.45) is 5.10 Å². The molecule has 0 aliphatic heterocycles. The van der Waals surface area contributed by atoms with Gasteiger partial charge in [0.25, 0.3) is 5.91 Å². The van der Waals surface area contributed by atoms with Gasteiger partial charge in [-0.05, 0) is 47.0 Å². The van der Waals surface area contributed by atoms with Gasteiger partial charge < -0.3 is 5.11 Å². The van der Waals surface area contributed by atoms with E-state index in [0.29, 0.717) is 16.7 Å². The molecule has 122 valence electrons. The molecule has 0 heterocycles. The van der Waals surface area contributed by atoms with E-state index in [1.54, 1.807) is 37.3 Å². The summed E-state index contributed by atoms with van der Waals surface area (Å²) in [5.41, 5.74) is 4.42. The summed E-state index contributed by atoms with van der Waals surface area (Å²) in [6.07, 6.45) is 1.45. The zero-order chi connectivity index (χ0) is 17.8.